The number of benzene rings is 3. The molecule has 39 heavy (non-hydrogen) atoms. The molecule has 0 aliphatic heterocycles. The Morgan fingerprint density at radius 2 is 1.67 bits per heavy atom. The van der Waals surface area contributed by atoms with E-state index in [4.69, 9.17) is 10.5 Å². The van der Waals surface area contributed by atoms with Gasteiger partial charge in [-0.1, -0.05) is 60.7 Å². The monoisotopic (exact) mass is 550 g/mol. The lowest BCUT2D eigenvalue weighted by Gasteiger charge is -2.22. The Balaban J connectivity index is 1.59. The number of nitrogens with one attached hydrogen (secondary N) is 1. The van der Waals surface area contributed by atoms with Gasteiger partial charge in [-0.3, -0.25) is 9.36 Å². The molecule has 0 radical (unpaired) electrons. The lowest BCUT2D eigenvalue weighted by atomic mass is 9.96. The quantitative estimate of drug-likeness (QED) is 0.251. The summed E-state index contributed by atoms with van der Waals surface area (Å²) < 4.78 is 49.4. The normalized spacial score (nSPS) is 12.3. The highest BCUT2D eigenvalue weighted by Crippen LogP contribution is 2.41. The van der Waals surface area contributed by atoms with Crippen LogP contribution in [0.3, 0.4) is 0 Å². The number of alkyl halides is 3. The number of alkyl carbamates (subject to hydrolysis) is 1. The Kier molecular flexibility index (Phi) is 7.07. The van der Waals surface area contributed by atoms with Gasteiger partial charge in [0.2, 0.25) is 0 Å². The predicted molar refractivity (Wildman–Crippen MR) is 141 cm³/mol. The number of halogens is 3. The molecule has 2 amide bonds. The van der Waals surface area contributed by atoms with Crippen molar-refractivity contribution in [2.45, 2.75) is 18.8 Å². The summed E-state index contributed by atoms with van der Waals surface area (Å²) in [7, 11) is 0. The second kappa shape index (κ2) is 10.6. The van der Waals surface area contributed by atoms with E-state index >= 15 is 0 Å². The van der Waals surface area contributed by atoms with Crippen LogP contribution in [0.4, 0.5) is 18.0 Å². The number of aromatic nitrogens is 2. The van der Waals surface area contributed by atoms with E-state index in [1.807, 2.05) is 24.3 Å². The minimum absolute atomic E-state index is 0.0341. The number of nitrogens with two attached hydrogens (primary N) is 1. The molecule has 0 fully saturated rings. The zero-order valence-electron chi connectivity index (χ0n) is 20.2. The Morgan fingerprint density at radius 3 is 2.41 bits per heavy atom. The van der Waals surface area contributed by atoms with E-state index in [1.165, 1.54) is 30.6 Å². The van der Waals surface area contributed by atoms with Crippen LogP contribution in [0.5, 0.6) is 0 Å². The van der Waals surface area contributed by atoms with E-state index in [1.54, 1.807) is 34.9 Å². The molecule has 2 aromatic heterocycles. The van der Waals surface area contributed by atoms with E-state index in [-0.39, 0.29) is 22.5 Å². The highest BCUT2D eigenvalue weighted by atomic mass is 32.1. The van der Waals surface area contributed by atoms with Gasteiger partial charge >= 0.3 is 12.3 Å². The number of amides is 2. The first-order chi connectivity index (χ1) is 18.7. The van der Waals surface area contributed by atoms with Gasteiger partial charge in [0.25, 0.3) is 5.91 Å². The number of primary amides is 1. The van der Waals surface area contributed by atoms with Crippen molar-refractivity contribution < 1.29 is 27.5 Å². The van der Waals surface area contributed by atoms with Crippen molar-refractivity contribution >= 4 is 34.4 Å². The SMILES string of the molecule is NC(=O)c1sc(-n2cnc3ccccc32)cc1C(OC(=O)NCc1ccccc1)c1ccccc1C(F)(F)F. The van der Waals surface area contributed by atoms with Gasteiger partial charge in [-0.25, -0.2) is 9.78 Å². The molecule has 11 heteroatoms. The first kappa shape index (κ1) is 26.0. The molecule has 0 bridgehead atoms. The summed E-state index contributed by atoms with van der Waals surface area (Å²) in [5, 5.41) is 3.03. The number of para-hydroxylation sites is 2. The number of carbonyl (C=O) groups is 2. The van der Waals surface area contributed by atoms with Crippen LogP contribution < -0.4 is 11.1 Å². The molecule has 0 saturated heterocycles. The molecule has 3 aromatic carbocycles. The molecule has 5 rings (SSSR count). The standard InChI is InChI=1S/C28H21F3N4O3S/c29-28(30,31)20-11-5-4-10-18(20)24(38-27(37)33-15-17-8-2-1-3-9-17)19-14-23(39-25(19)26(32)36)35-16-34-21-12-6-7-13-22(21)35/h1-14,16,24H,15H2,(H2,32,36)(H,33,37). The van der Waals surface area contributed by atoms with Crippen molar-refractivity contribution in [1.82, 2.24) is 14.9 Å². The molecule has 0 saturated carbocycles. The predicted octanol–water partition coefficient (Wildman–Crippen LogP) is 6.22. The van der Waals surface area contributed by atoms with Gasteiger partial charge in [-0.2, -0.15) is 13.2 Å². The van der Waals surface area contributed by atoms with Gasteiger partial charge in [0, 0.05) is 17.7 Å². The fourth-order valence-corrected chi connectivity index (χ4v) is 5.25. The van der Waals surface area contributed by atoms with Crippen molar-refractivity contribution in [3.63, 3.8) is 0 Å². The summed E-state index contributed by atoms with van der Waals surface area (Å²) in [5.74, 6) is -0.867. The van der Waals surface area contributed by atoms with Crippen LogP contribution in [0.1, 0.15) is 38.0 Å². The van der Waals surface area contributed by atoms with Gasteiger partial charge in [0.1, 0.15) is 16.2 Å². The van der Waals surface area contributed by atoms with Crippen LogP contribution in [0.25, 0.3) is 16.0 Å². The average molecular weight is 551 g/mol. The Hall–Kier alpha value is -4.64. The number of hydrogen-bond acceptors (Lipinski definition) is 5. The van der Waals surface area contributed by atoms with Crippen LogP contribution in [-0.2, 0) is 17.5 Å². The van der Waals surface area contributed by atoms with Gasteiger partial charge < -0.3 is 15.8 Å². The molecular formula is C28H21F3N4O3S. The van der Waals surface area contributed by atoms with Crippen molar-refractivity contribution in [1.29, 1.82) is 0 Å². The molecule has 5 aromatic rings. The van der Waals surface area contributed by atoms with Crippen molar-refractivity contribution in [3.8, 4) is 5.00 Å². The zero-order chi connectivity index (χ0) is 27.6. The Labute approximate surface area is 224 Å². The number of fused-ring (bicyclic) bond motifs is 1. The van der Waals surface area contributed by atoms with Gasteiger partial charge in [-0.15, -0.1) is 11.3 Å². The van der Waals surface area contributed by atoms with Gasteiger partial charge in [0.15, 0.2) is 6.10 Å². The highest BCUT2D eigenvalue weighted by molar-refractivity contribution is 7.16. The Morgan fingerprint density at radius 1 is 0.974 bits per heavy atom. The van der Waals surface area contributed by atoms with Crippen molar-refractivity contribution in [3.05, 3.63) is 118 Å². The first-order valence-corrected chi connectivity index (χ1v) is 12.5. The number of nitrogens with zero attached hydrogens (tertiary/aromatic N) is 2. The summed E-state index contributed by atoms with van der Waals surface area (Å²) in [4.78, 5) is 29.7. The first-order valence-electron chi connectivity index (χ1n) is 11.7. The molecule has 1 atom stereocenters. The molecule has 0 aliphatic rings. The number of imidazole rings is 1. The summed E-state index contributed by atoms with van der Waals surface area (Å²) in [6, 6.07) is 22.5. The number of thiophene rings is 1. The third-order valence-electron chi connectivity index (χ3n) is 6.00. The van der Waals surface area contributed by atoms with Gasteiger partial charge in [0.05, 0.1) is 16.6 Å². The van der Waals surface area contributed by atoms with Crippen LogP contribution in [-0.4, -0.2) is 21.6 Å². The van der Waals surface area contributed by atoms with Crippen molar-refractivity contribution in [2.75, 3.05) is 0 Å². The minimum atomic E-state index is -4.75. The molecule has 3 N–H and O–H groups in total. The van der Waals surface area contributed by atoms with E-state index in [2.05, 4.69) is 10.3 Å². The fourth-order valence-electron chi connectivity index (χ4n) is 4.23. The number of ether oxygens (including phenoxy) is 1. The van der Waals surface area contributed by atoms with E-state index in [9.17, 15) is 22.8 Å². The summed E-state index contributed by atoms with van der Waals surface area (Å²) in [5.41, 5.74) is 6.54. The van der Waals surface area contributed by atoms with Gasteiger partial charge in [-0.05, 0) is 29.8 Å². The average Bonchev–Trinajstić information content (AvgIpc) is 3.55. The second-order valence-electron chi connectivity index (χ2n) is 8.55. The molecule has 2 heterocycles. The maximum atomic E-state index is 14.0. The lowest BCUT2D eigenvalue weighted by molar-refractivity contribution is -0.139. The maximum absolute atomic E-state index is 14.0. The maximum Gasteiger partial charge on any atom is 0.416 e. The molecule has 1 unspecified atom stereocenters. The number of hydrogen-bond donors (Lipinski definition) is 2. The lowest BCUT2D eigenvalue weighted by Crippen LogP contribution is -2.27. The smallest absolute Gasteiger partial charge is 0.416 e. The van der Waals surface area contributed by atoms with E-state index in [0.29, 0.717) is 10.5 Å². The van der Waals surface area contributed by atoms with E-state index < -0.39 is 29.8 Å². The van der Waals surface area contributed by atoms with Crippen LogP contribution in [0, 0.1) is 0 Å². The van der Waals surface area contributed by atoms with Crippen LogP contribution in [0.2, 0.25) is 0 Å². The van der Waals surface area contributed by atoms with Crippen LogP contribution >= 0.6 is 11.3 Å². The van der Waals surface area contributed by atoms with Crippen molar-refractivity contribution in [2.24, 2.45) is 5.73 Å². The molecule has 7 nitrogen and oxygen atoms in total. The molecule has 198 valence electrons. The fraction of sp³-hybridized carbons (Fsp3) is 0.107. The third kappa shape index (κ3) is 5.48. The molecule has 0 spiro atoms. The third-order valence-corrected chi connectivity index (χ3v) is 7.16. The summed E-state index contributed by atoms with van der Waals surface area (Å²) in [6.07, 6.45) is -5.75. The topological polar surface area (TPSA) is 99.2 Å². The van der Waals surface area contributed by atoms with Crippen LogP contribution in [0.15, 0.2) is 91.3 Å². The zero-order valence-corrected chi connectivity index (χ0v) is 21.0. The number of carbonyl (C=O) groups excluding carboxylic acids is 2. The molecular weight excluding hydrogens is 529 g/mol. The number of rotatable bonds is 7. The van der Waals surface area contributed by atoms with E-state index in [0.717, 1.165) is 28.5 Å². The summed E-state index contributed by atoms with van der Waals surface area (Å²) in [6.45, 7) is 0.0892. The minimum Gasteiger partial charge on any atom is -0.436 e. The Bertz CT molecular complexity index is 1650. The second-order valence-corrected chi connectivity index (χ2v) is 9.58. The highest BCUT2D eigenvalue weighted by Gasteiger charge is 2.38. The summed E-state index contributed by atoms with van der Waals surface area (Å²) >= 11 is 0.969. The largest absolute Gasteiger partial charge is 0.436 e. The molecule has 0 aliphatic carbocycles.